The highest BCUT2D eigenvalue weighted by atomic mass is 79.9. The van der Waals surface area contributed by atoms with E-state index < -0.39 is 0 Å². The average Bonchev–Trinajstić information content (AvgIpc) is 2.79. The first kappa shape index (κ1) is 17.3. The van der Waals surface area contributed by atoms with Crippen LogP contribution < -0.4 is 10.1 Å². The zero-order valence-electron chi connectivity index (χ0n) is 14.4. The van der Waals surface area contributed by atoms with Crippen LogP contribution in [0.15, 0.2) is 52.1 Å². The highest BCUT2D eigenvalue weighted by Crippen LogP contribution is 2.40. The van der Waals surface area contributed by atoms with E-state index in [1.165, 1.54) is 5.56 Å². The van der Waals surface area contributed by atoms with Crippen molar-refractivity contribution in [2.75, 3.05) is 11.1 Å². The van der Waals surface area contributed by atoms with Crippen molar-refractivity contribution in [1.82, 2.24) is 15.2 Å². The van der Waals surface area contributed by atoms with Crippen molar-refractivity contribution < 1.29 is 4.74 Å². The van der Waals surface area contributed by atoms with Gasteiger partial charge in [0.2, 0.25) is 11.0 Å². The number of benzene rings is 2. The topological polar surface area (TPSA) is 59.9 Å². The number of thioether (sulfide) groups is 1. The van der Waals surface area contributed by atoms with Gasteiger partial charge >= 0.3 is 0 Å². The van der Waals surface area contributed by atoms with Gasteiger partial charge in [-0.1, -0.05) is 64.4 Å². The van der Waals surface area contributed by atoms with Gasteiger partial charge in [0.15, 0.2) is 11.9 Å². The number of halogens is 1. The maximum absolute atomic E-state index is 6.24. The first-order chi connectivity index (χ1) is 12.6. The minimum absolute atomic E-state index is 0.354. The van der Waals surface area contributed by atoms with E-state index in [1.807, 2.05) is 18.2 Å². The van der Waals surface area contributed by atoms with E-state index in [1.54, 1.807) is 11.8 Å². The first-order valence-corrected chi connectivity index (χ1v) is 10.1. The van der Waals surface area contributed by atoms with Gasteiger partial charge in [-0.25, -0.2) is 0 Å². The molecule has 26 heavy (non-hydrogen) atoms. The molecular weight excluding hydrogens is 412 g/mol. The van der Waals surface area contributed by atoms with Crippen LogP contribution >= 0.6 is 27.7 Å². The molecule has 2 aromatic carbocycles. The van der Waals surface area contributed by atoms with E-state index in [2.05, 4.69) is 74.5 Å². The smallest absolute Gasteiger partial charge is 0.247 e. The van der Waals surface area contributed by atoms with Crippen LogP contribution in [0.1, 0.15) is 24.3 Å². The van der Waals surface area contributed by atoms with E-state index in [9.17, 15) is 0 Å². The van der Waals surface area contributed by atoms with Gasteiger partial charge in [-0.05, 0) is 30.9 Å². The summed E-state index contributed by atoms with van der Waals surface area (Å²) < 4.78 is 7.20. The van der Waals surface area contributed by atoms with Crippen LogP contribution in [0.3, 0.4) is 0 Å². The Morgan fingerprint density at radius 1 is 1.15 bits per heavy atom. The summed E-state index contributed by atoms with van der Waals surface area (Å²) in [5.41, 5.74) is 4.73. The van der Waals surface area contributed by atoms with Crippen LogP contribution in [0.25, 0.3) is 11.3 Å². The third-order valence-corrected chi connectivity index (χ3v) is 5.25. The van der Waals surface area contributed by atoms with Crippen molar-refractivity contribution in [2.24, 2.45) is 0 Å². The number of nitrogens with zero attached hydrogens (tertiary/aromatic N) is 3. The highest BCUT2D eigenvalue weighted by molar-refractivity contribution is 9.10. The number of hydrogen-bond acceptors (Lipinski definition) is 6. The summed E-state index contributed by atoms with van der Waals surface area (Å²) in [6, 6.07) is 14.3. The fourth-order valence-electron chi connectivity index (χ4n) is 2.75. The number of fused-ring (bicyclic) bond motifs is 3. The number of nitrogens with one attached hydrogen (secondary N) is 1. The second-order valence-corrected chi connectivity index (χ2v) is 8.07. The maximum atomic E-state index is 6.24. The van der Waals surface area contributed by atoms with Crippen molar-refractivity contribution in [3.63, 3.8) is 0 Å². The SMILES string of the molecule is CCSc1nnc2c(n1)OC(c1ccc(C)cc1)Nc1ccc(Br)cc1-2. The lowest BCUT2D eigenvalue weighted by Gasteiger charge is -2.19. The molecule has 1 atom stereocenters. The van der Waals surface area contributed by atoms with Gasteiger partial charge in [0, 0.05) is 21.3 Å². The molecular formula is C19H17BrN4OS. The lowest BCUT2D eigenvalue weighted by molar-refractivity contribution is 0.225. The number of aryl methyl sites for hydroxylation is 1. The Morgan fingerprint density at radius 2 is 1.96 bits per heavy atom. The molecule has 0 aliphatic carbocycles. The van der Waals surface area contributed by atoms with E-state index in [-0.39, 0.29) is 6.23 Å². The molecule has 0 fully saturated rings. The average molecular weight is 429 g/mol. The van der Waals surface area contributed by atoms with Gasteiger partial charge in [-0.15, -0.1) is 10.2 Å². The van der Waals surface area contributed by atoms with Crippen LogP contribution in [-0.2, 0) is 0 Å². The molecule has 0 saturated heterocycles. The predicted octanol–water partition coefficient (Wildman–Crippen LogP) is 5.22. The summed E-state index contributed by atoms with van der Waals surface area (Å²) in [6.07, 6.45) is -0.354. The highest BCUT2D eigenvalue weighted by Gasteiger charge is 2.26. The Balaban J connectivity index is 1.84. The van der Waals surface area contributed by atoms with E-state index >= 15 is 0 Å². The summed E-state index contributed by atoms with van der Waals surface area (Å²) >= 11 is 5.08. The number of aromatic nitrogens is 3. The second-order valence-electron chi connectivity index (χ2n) is 5.92. The van der Waals surface area contributed by atoms with Gasteiger partial charge in [0.05, 0.1) is 0 Å². The predicted molar refractivity (Wildman–Crippen MR) is 108 cm³/mol. The number of anilines is 1. The van der Waals surface area contributed by atoms with Gasteiger partial charge < -0.3 is 10.1 Å². The molecule has 0 spiro atoms. The standard InChI is InChI=1S/C19H17BrN4OS/c1-3-26-19-22-18-16(23-24-19)14-10-13(20)8-9-15(14)21-17(25-18)12-6-4-11(2)5-7-12/h4-10,17,21H,3H2,1-2H3. The van der Waals surface area contributed by atoms with E-state index in [0.29, 0.717) is 16.7 Å². The van der Waals surface area contributed by atoms with Crippen LogP contribution in [0.5, 0.6) is 5.88 Å². The number of rotatable bonds is 3. The quantitative estimate of drug-likeness (QED) is 0.576. The molecule has 1 aliphatic rings. The molecule has 0 radical (unpaired) electrons. The van der Waals surface area contributed by atoms with Gasteiger partial charge in [0.25, 0.3) is 0 Å². The summed E-state index contributed by atoms with van der Waals surface area (Å²) in [5.74, 6) is 1.37. The Labute approximate surface area is 164 Å². The molecule has 1 unspecified atom stereocenters. The molecule has 0 bridgehead atoms. The summed E-state index contributed by atoms with van der Waals surface area (Å²) in [5, 5.41) is 12.7. The molecule has 5 nitrogen and oxygen atoms in total. The fraction of sp³-hybridized carbons (Fsp3) is 0.211. The van der Waals surface area contributed by atoms with Gasteiger partial charge in [-0.3, -0.25) is 0 Å². The van der Waals surface area contributed by atoms with E-state index in [0.717, 1.165) is 27.0 Å². The van der Waals surface area contributed by atoms with Crippen molar-refractivity contribution in [3.05, 3.63) is 58.1 Å². The van der Waals surface area contributed by atoms with Crippen molar-refractivity contribution in [1.29, 1.82) is 0 Å². The molecule has 4 rings (SSSR count). The third kappa shape index (κ3) is 3.41. The summed E-state index contributed by atoms with van der Waals surface area (Å²) in [7, 11) is 0. The Hall–Kier alpha value is -2.12. The number of hydrogen-bond donors (Lipinski definition) is 1. The molecule has 1 N–H and O–H groups in total. The lowest BCUT2D eigenvalue weighted by Crippen LogP contribution is -2.17. The van der Waals surface area contributed by atoms with Gasteiger partial charge in [-0.2, -0.15) is 4.98 Å². The van der Waals surface area contributed by atoms with Crippen LogP contribution in [0, 0.1) is 6.92 Å². The zero-order valence-corrected chi connectivity index (χ0v) is 16.8. The fourth-order valence-corrected chi connectivity index (χ4v) is 3.62. The van der Waals surface area contributed by atoms with Crippen LogP contribution in [0.4, 0.5) is 5.69 Å². The van der Waals surface area contributed by atoms with Crippen LogP contribution in [0.2, 0.25) is 0 Å². The molecule has 1 aromatic heterocycles. The molecule has 132 valence electrons. The monoisotopic (exact) mass is 428 g/mol. The molecule has 0 amide bonds. The molecule has 0 saturated carbocycles. The minimum Gasteiger partial charge on any atom is -0.448 e. The van der Waals surface area contributed by atoms with Gasteiger partial charge in [0.1, 0.15) is 0 Å². The Morgan fingerprint density at radius 3 is 2.73 bits per heavy atom. The minimum atomic E-state index is -0.354. The Kier molecular flexibility index (Phi) is 4.82. The number of ether oxygens (including phenoxy) is 1. The second kappa shape index (κ2) is 7.25. The third-order valence-electron chi connectivity index (χ3n) is 4.04. The van der Waals surface area contributed by atoms with Crippen molar-refractivity contribution in [3.8, 4) is 17.1 Å². The normalized spacial score (nSPS) is 15.3. The molecule has 2 heterocycles. The first-order valence-electron chi connectivity index (χ1n) is 8.31. The largest absolute Gasteiger partial charge is 0.448 e. The Bertz CT molecular complexity index is 949. The zero-order chi connectivity index (χ0) is 18.1. The molecule has 7 heteroatoms. The maximum Gasteiger partial charge on any atom is 0.247 e. The molecule has 3 aromatic rings. The van der Waals surface area contributed by atoms with Crippen LogP contribution in [-0.4, -0.2) is 20.9 Å². The summed E-state index contributed by atoms with van der Waals surface area (Å²) in [4.78, 5) is 4.60. The molecule has 1 aliphatic heterocycles. The van der Waals surface area contributed by atoms with E-state index in [4.69, 9.17) is 4.74 Å². The van der Waals surface area contributed by atoms with Crippen molar-refractivity contribution >= 4 is 33.4 Å². The summed E-state index contributed by atoms with van der Waals surface area (Å²) in [6.45, 7) is 4.13. The van der Waals surface area contributed by atoms with Crippen molar-refractivity contribution in [2.45, 2.75) is 25.2 Å². The lowest BCUT2D eigenvalue weighted by atomic mass is 10.1.